The Balaban J connectivity index is 1.68. The molecule has 182 valence electrons. The van der Waals surface area contributed by atoms with E-state index >= 15 is 0 Å². The monoisotopic (exact) mass is 476 g/mol. The van der Waals surface area contributed by atoms with Crippen molar-refractivity contribution in [2.75, 3.05) is 36.8 Å². The number of halogens is 3. The van der Waals surface area contributed by atoms with Gasteiger partial charge in [-0.15, -0.1) is 0 Å². The van der Waals surface area contributed by atoms with Gasteiger partial charge >= 0.3 is 6.18 Å². The molecule has 2 aromatic carbocycles. The molecular weight excluding hydrogens is 449 g/mol. The lowest BCUT2D eigenvalue weighted by atomic mass is 10.1. The molecule has 0 unspecified atom stereocenters. The molecule has 0 radical (unpaired) electrons. The molecule has 0 saturated carbocycles. The molecule has 3 rings (SSSR count). The fourth-order valence-electron chi connectivity index (χ4n) is 3.87. The second kappa shape index (κ2) is 10.7. The number of rotatable bonds is 5. The van der Waals surface area contributed by atoms with Crippen molar-refractivity contribution < 1.29 is 27.6 Å². The van der Waals surface area contributed by atoms with Gasteiger partial charge in [0.05, 0.1) is 5.56 Å². The zero-order valence-electron chi connectivity index (χ0n) is 19.0. The molecule has 0 spiro atoms. The number of hydrogen-bond donors (Lipinski definition) is 2. The molecule has 10 heteroatoms. The molecule has 34 heavy (non-hydrogen) atoms. The first-order chi connectivity index (χ1) is 16.0. The summed E-state index contributed by atoms with van der Waals surface area (Å²) in [6.45, 7) is 5.43. The van der Waals surface area contributed by atoms with E-state index in [9.17, 15) is 27.6 Å². The van der Waals surface area contributed by atoms with E-state index in [2.05, 4.69) is 15.5 Å². The van der Waals surface area contributed by atoms with E-state index in [1.54, 1.807) is 23.1 Å². The Bertz CT molecular complexity index is 1020. The Kier molecular flexibility index (Phi) is 7.93. The summed E-state index contributed by atoms with van der Waals surface area (Å²) in [7, 11) is 0. The lowest BCUT2D eigenvalue weighted by molar-refractivity contribution is -0.137. The summed E-state index contributed by atoms with van der Waals surface area (Å²) in [5.41, 5.74) is 1.24. The average Bonchev–Trinajstić information content (AvgIpc) is 2.97. The van der Waals surface area contributed by atoms with E-state index in [4.69, 9.17) is 0 Å². The first kappa shape index (κ1) is 25.2. The third-order valence-corrected chi connectivity index (χ3v) is 5.38. The minimum absolute atomic E-state index is 0.227. The molecular formula is C24H27F3N4O3. The standard InChI is InChI=1S/C24H27F3N4O3/c1-16(32)28-21-12-19(13-22(14-21)29-17(2)33)23(34)31-9-3-8-30(10-11-31)15-18-4-6-20(7-5-18)24(25,26)27/h4-7,12-14H,3,8-11,15H2,1-2H3,(H,28,32)(H,29,33). The van der Waals surface area contributed by atoms with Crippen LogP contribution in [0.3, 0.4) is 0 Å². The summed E-state index contributed by atoms with van der Waals surface area (Å²) in [4.78, 5) is 40.0. The molecule has 2 N–H and O–H groups in total. The molecule has 2 aromatic rings. The van der Waals surface area contributed by atoms with Crippen molar-refractivity contribution in [2.24, 2.45) is 0 Å². The van der Waals surface area contributed by atoms with Gasteiger partial charge in [-0.05, 0) is 42.3 Å². The van der Waals surface area contributed by atoms with Gasteiger partial charge in [0.25, 0.3) is 5.91 Å². The van der Waals surface area contributed by atoms with Gasteiger partial charge in [-0.1, -0.05) is 12.1 Å². The van der Waals surface area contributed by atoms with Crippen LogP contribution < -0.4 is 10.6 Å². The topological polar surface area (TPSA) is 81.8 Å². The van der Waals surface area contributed by atoms with E-state index in [-0.39, 0.29) is 17.7 Å². The highest BCUT2D eigenvalue weighted by Gasteiger charge is 2.30. The fraction of sp³-hybridized carbons (Fsp3) is 0.375. The van der Waals surface area contributed by atoms with Crippen LogP contribution in [-0.4, -0.2) is 53.7 Å². The van der Waals surface area contributed by atoms with Gasteiger partial charge in [0.2, 0.25) is 11.8 Å². The predicted molar refractivity (Wildman–Crippen MR) is 122 cm³/mol. The molecule has 0 bridgehead atoms. The van der Waals surface area contributed by atoms with E-state index in [1.165, 1.54) is 26.0 Å². The lowest BCUT2D eigenvalue weighted by Crippen LogP contribution is -2.35. The molecule has 1 heterocycles. The summed E-state index contributed by atoms with van der Waals surface area (Å²) >= 11 is 0. The molecule has 0 aromatic heterocycles. The molecule has 1 saturated heterocycles. The maximum Gasteiger partial charge on any atom is 0.416 e. The second-order valence-corrected chi connectivity index (χ2v) is 8.28. The zero-order chi connectivity index (χ0) is 24.9. The highest BCUT2D eigenvalue weighted by molar-refractivity contribution is 6.00. The van der Waals surface area contributed by atoms with Crippen LogP contribution in [0.1, 0.15) is 41.8 Å². The number of alkyl halides is 3. The predicted octanol–water partition coefficient (Wildman–Crippen LogP) is 3.97. The number of carbonyl (C=O) groups excluding carboxylic acids is 3. The highest BCUT2D eigenvalue weighted by Crippen LogP contribution is 2.29. The molecule has 0 aliphatic carbocycles. The number of carbonyl (C=O) groups is 3. The Morgan fingerprint density at radius 1 is 0.853 bits per heavy atom. The van der Waals surface area contributed by atoms with Crippen LogP contribution in [-0.2, 0) is 22.3 Å². The third kappa shape index (κ3) is 7.05. The fourth-order valence-corrected chi connectivity index (χ4v) is 3.87. The Labute approximate surface area is 195 Å². The number of amides is 3. The Hall–Kier alpha value is -3.40. The van der Waals surface area contributed by atoms with Gasteiger partial charge in [-0.2, -0.15) is 13.2 Å². The van der Waals surface area contributed by atoms with Crippen molar-refractivity contribution in [2.45, 2.75) is 33.0 Å². The van der Waals surface area contributed by atoms with Gasteiger partial charge in [0.15, 0.2) is 0 Å². The number of anilines is 2. The maximum absolute atomic E-state index is 13.2. The van der Waals surface area contributed by atoms with E-state index in [1.807, 2.05) is 0 Å². The molecule has 1 aliphatic rings. The molecule has 0 atom stereocenters. The van der Waals surface area contributed by atoms with Crippen LogP contribution in [0.25, 0.3) is 0 Å². The van der Waals surface area contributed by atoms with E-state index in [0.29, 0.717) is 56.1 Å². The van der Waals surface area contributed by atoms with Crippen LogP contribution in [0.2, 0.25) is 0 Å². The van der Waals surface area contributed by atoms with Gasteiger partial charge in [-0.25, -0.2) is 0 Å². The molecule has 3 amide bonds. The van der Waals surface area contributed by atoms with Gasteiger partial charge in [0, 0.05) is 63.5 Å². The number of nitrogens with zero attached hydrogens (tertiary/aromatic N) is 2. The van der Waals surface area contributed by atoms with Crippen molar-refractivity contribution in [3.63, 3.8) is 0 Å². The largest absolute Gasteiger partial charge is 0.416 e. The summed E-state index contributed by atoms with van der Waals surface area (Å²) < 4.78 is 38.3. The van der Waals surface area contributed by atoms with E-state index < -0.39 is 11.7 Å². The summed E-state index contributed by atoms with van der Waals surface area (Å²) in [6, 6.07) is 9.84. The van der Waals surface area contributed by atoms with Crippen LogP contribution >= 0.6 is 0 Å². The van der Waals surface area contributed by atoms with Gasteiger partial charge in [-0.3, -0.25) is 19.3 Å². The minimum Gasteiger partial charge on any atom is -0.337 e. The Morgan fingerprint density at radius 3 is 1.97 bits per heavy atom. The summed E-state index contributed by atoms with van der Waals surface area (Å²) in [5, 5.41) is 5.27. The number of benzene rings is 2. The minimum atomic E-state index is -4.36. The van der Waals surface area contributed by atoms with Gasteiger partial charge in [0.1, 0.15) is 0 Å². The second-order valence-electron chi connectivity index (χ2n) is 8.28. The number of hydrogen-bond acceptors (Lipinski definition) is 4. The van der Waals surface area contributed by atoms with Crippen molar-refractivity contribution in [1.29, 1.82) is 0 Å². The Morgan fingerprint density at radius 2 is 1.44 bits per heavy atom. The smallest absolute Gasteiger partial charge is 0.337 e. The quantitative estimate of drug-likeness (QED) is 0.684. The molecule has 1 aliphatic heterocycles. The van der Waals surface area contributed by atoms with Crippen molar-refractivity contribution in [3.8, 4) is 0 Å². The van der Waals surface area contributed by atoms with Crippen LogP contribution in [0, 0.1) is 0 Å². The normalized spacial score (nSPS) is 14.9. The SMILES string of the molecule is CC(=O)Nc1cc(NC(C)=O)cc(C(=O)N2CCCN(Cc3ccc(C(F)(F)F)cc3)CC2)c1. The van der Waals surface area contributed by atoms with Gasteiger partial charge < -0.3 is 15.5 Å². The number of nitrogens with one attached hydrogen (secondary N) is 2. The maximum atomic E-state index is 13.2. The third-order valence-electron chi connectivity index (χ3n) is 5.38. The first-order valence-corrected chi connectivity index (χ1v) is 10.9. The van der Waals surface area contributed by atoms with Crippen molar-refractivity contribution in [3.05, 3.63) is 59.2 Å². The van der Waals surface area contributed by atoms with Crippen molar-refractivity contribution in [1.82, 2.24) is 9.80 Å². The average molecular weight is 476 g/mol. The van der Waals surface area contributed by atoms with Crippen LogP contribution in [0.4, 0.5) is 24.5 Å². The summed E-state index contributed by atoms with van der Waals surface area (Å²) in [6.07, 6.45) is -3.66. The zero-order valence-corrected chi connectivity index (χ0v) is 19.0. The first-order valence-electron chi connectivity index (χ1n) is 10.9. The van der Waals surface area contributed by atoms with Crippen LogP contribution in [0.15, 0.2) is 42.5 Å². The van der Waals surface area contributed by atoms with Crippen LogP contribution in [0.5, 0.6) is 0 Å². The van der Waals surface area contributed by atoms with E-state index in [0.717, 1.165) is 17.7 Å². The lowest BCUT2D eigenvalue weighted by Gasteiger charge is -2.23. The van der Waals surface area contributed by atoms with Crippen molar-refractivity contribution >= 4 is 29.1 Å². The molecule has 7 nitrogen and oxygen atoms in total. The highest BCUT2D eigenvalue weighted by atomic mass is 19.4. The molecule has 1 fully saturated rings. The summed E-state index contributed by atoms with van der Waals surface area (Å²) in [5.74, 6) is -0.825.